The molecule has 8 N–H and O–H groups in total. The lowest BCUT2D eigenvalue weighted by Gasteiger charge is -2.41. The number of nitrogens with zero attached hydrogens (tertiary/aromatic N) is 9. The Hall–Kier alpha value is -11.6. The molecule has 4 aromatic carbocycles. The van der Waals surface area contributed by atoms with E-state index in [2.05, 4.69) is 153 Å². The number of hydrogen-bond acceptors (Lipinski definition) is 15. The average Bonchev–Trinajstić information content (AvgIpc) is 1.54. The summed E-state index contributed by atoms with van der Waals surface area (Å²) in [6.07, 6.45) is 21.2. The molecule has 0 radical (unpaired) electrons. The van der Waals surface area contributed by atoms with Gasteiger partial charge < -0.3 is 60.5 Å². The first-order chi connectivity index (χ1) is 53.4. The fourth-order valence-electron chi connectivity index (χ4n) is 19.2. The number of nitrogens with one attached hydrogen (secondary N) is 8. The smallest absolute Gasteiger partial charge is 0.407 e. The number of imidazole rings is 4. The van der Waals surface area contributed by atoms with Gasteiger partial charge in [-0.3, -0.25) is 24.2 Å². The number of methoxy groups -OCH3 is 2. The van der Waals surface area contributed by atoms with Crippen molar-refractivity contribution >= 4 is 35.8 Å². The van der Waals surface area contributed by atoms with Crippen molar-refractivity contribution in [1.82, 2.24) is 85.9 Å². The highest BCUT2D eigenvalue weighted by Crippen LogP contribution is 2.69. The molecular formula is C85H93N17O8. The molecule has 2 saturated heterocycles. The van der Waals surface area contributed by atoms with Gasteiger partial charge >= 0.3 is 12.2 Å². The zero-order valence-electron chi connectivity index (χ0n) is 62.8. The zero-order chi connectivity index (χ0) is 76.1. The summed E-state index contributed by atoms with van der Waals surface area (Å²) < 4.78 is 9.92. The van der Waals surface area contributed by atoms with Crippen LogP contribution in [-0.2, 0) is 35.2 Å². The van der Waals surface area contributed by atoms with Gasteiger partial charge in [-0.05, 0) is 155 Å². The summed E-state index contributed by atoms with van der Waals surface area (Å²) in [5.41, 5.74) is 12.5. The van der Waals surface area contributed by atoms with Crippen LogP contribution in [0.3, 0.4) is 0 Å². The van der Waals surface area contributed by atoms with Gasteiger partial charge in [-0.15, -0.1) is 0 Å². The number of aromatic nitrogens is 11. The number of ether oxygens (including phenoxy) is 2. The second-order valence-electron chi connectivity index (χ2n) is 31.7. The third kappa shape index (κ3) is 14.1. The summed E-state index contributed by atoms with van der Waals surface area (Å²) in [6, 6.07) is 34.5. The molecule has 14 atom stereocenters. The number of carbonyl (C=O) groups excluding carboxylic acids is 6. The molecule has 566 valence electrons. The first-order valence-corrected chi connectivity index (χ1v) is 38.5. The first kappa shape index (κ1) is 72.6. The standard InChI is InChI=1S/C85H93N17O8/c1-46(2)73(99-83(107)109-6)81(105)101-31-9-11-67(101)75-89-40-63(95-75)54-20-12-50(13-21-54)53-18-26-57(27-19-53)66-43-92-78(98-66)72-62-33-61(71(72)80(104)94-48(5)60-10-8-30-86-39-60)34-85(62)35-68(102(44-85)82(106)74(47(3)4)100-84(108)110-7)76-90-41-64(96-76)55-22-14-51(15-23-55)52-16-24-56(25-17-52)65-42-91-77(97-65)69-58-28-29-59(32-58)70(69)79(103)93-38-49-36-87-45-88-37-49/h8,10,12-27,30,36-37,39-43,45-48,58-59,61-62,67-74H,9,11,28-29,31-35,38,44H2,1-7H3,(H,89,95)(H,90,96)(H,91,97)(H,92,98)(H,93,103)(H,94,104)(H,99,107)(H,100,108)/t48-,58-,59+,61-,62-,67-,68-,69+,70+,71+,72+,73-,74-,85?/m0/s1. The van der Waals surface area contributed by atoms with E-state index in [4.69, 9.17) is 29.4 Å². The van der Waals surface area contributed by atoms with E-state index in [-0.39, 0.29) is 77.1 Å². The molecule has 16 rings (SSSR count). The first-order valence-electron chi connectivity index (χ1n) is 38.5. The summed E-state index contributed by atoms with van der Waals surface area (Å²) >= 11 is 0. The van der Waals surface area contributed by atoms with Crippen molar-refractivity contribution in [2.24, 2.45) is 52.8 Å². The maximum atomic E-state index is 15.4. The van der Waals surface area contributed by atoms with E-state index in [0.717, 1.165) is 123 Å². The van der Waals surface area contributed by atoms with Gasteiger partial charge in [-0.25, -0.2) is 39.5 Å². The number of aromatic amines is 4. The maximum absolute atomic E-state index is 15.4. The number of fused-ring (bicyclic) bond motifs is 5. The molecule has 4 bridgehead atoms. The molecule has 25 nitrogen and oxygen atoms in total. The van der Waals surface area contributed by atoms with Gasteiger partial charge in [0.2, 0.25) is 23.6 Å². The van der Waals surface area contributed by atoms with Gasteiger partial charge in [0.05, 0.1) is 91.7 Å². The molecule has 4 aliphatic carbocycles. The average molecular weight is 1480 g/mol. The molecule has 6 aromatic heterocycles. The van der Waals surface area contributed by atoms with Crippen molar-refractivity contribution in [3.05, 3.63) is 200 Å². The van der Waals surface area contributed by atoms with Crippen LogP contribution in [0.5, 0.6) is 0 Å². The molecule has 8 heterocycles. The number of H-pyrrole nitrogens is 4. The van der Waals surface area contributed by atoms with Crippen molar-refractivity contribution in [3.8, 4) is 67.3 Å². The Bertz CT molecular complexity index is 4980. The topological polar surface area (TPSA) is 329 Å². The highest BCUT2D eigenvalue weighted by Gasteiger charge is 2.67. The van der Waals surface area contributed by atoms with Crippen LogP contribution >= 0.6 is 0 Å². The zero-order valence-corrected chi connectivity index (χ0v) is 62.8. The fraction of sp³-hybridized carbons (Fsp3) is 0.400. The Labute approximate surface area is 638 Å². The van der Waals surface area contributed by atoms with Crippen molar-refractivity contribution in [3.63, 3.8) is 0 Å². The maximum Gasteiger partial charge on any atom is 0.407 e. The second kappa shape index (κ2) is 30.4. The molecular weight excluding hydrogens is 1390 g/mol. The van der Waals surface area contributed by atoms with Gasteiger partial charge in [-0.2, -0.15) is 0 Å². The molecule has 1 spiro atoms. The quantitative estimate of drug-likeness (QED) is 0.0313. The number of benzene rings is 4. The minimum absolute atomic E-state index is 0.0246. The van der Waals surface area contributed by atoms with E-state index in [1.54, 1.807) is 35.9 Å². The molecule has 110 heavy (non-hydrogen) atoms. The summed E-state index contributed by atoms with van der Waals surface area (Å²) in [6.45, 7) is 10.9. The van der Waals surface area contributed by atoms with Crippen molar-refractivity contribution in [2.75, 3.05) is 27.3 Å². The van der Waals surface area contributed by atoms with E-state index in [1.807, 2.05) is 70.2 Å². The van der Waals surface area contributed by atoms with Gasteiger partial charge in [0.1, 0.15) is 41.7 Å². The van der Waals surface area contributed by atoms with E-state index in [9.17, 15) is 19.2 Å². The summed E-state index contributed by atoms with van der Waals surface area (Å²) in [5.74, 6) is 1.78. The third-order valence-corrected chi connectivity index (χ3v) is 24.6. The van der Waals surface area contributed by atoms with Crippen LogP contribution in [0, 0.1) is 52.8 Å². The Morgan fingerprint density at radius 3 is 1.47 bits per heavy atom. The fourth-order valence-corrected chi connectivity index (χ4v) is 19.2. The van der Waals surface area contributed by atoms with Crippen LogP contribution in [-0.4, -0.2) is 140 Å². The van der Waals surface area contributed by atoms with Crippen LogP contribution in [0.15, 0.2) is 165 Å². The normalized spacial score (nSPS) is 23.9. The lowest BCUT2D eigenvalue weighted by atomic mass is 9.63. The van der Waals surface area contributed by atoms with Crippen LogP contribution in [0.25, 0.3) is 67.3 Å². The van der Waals surface area contributed by atoms with Crippen LogP contribution < -0.4 is 21.3 Å². The minimum atomic E-state index is -0.899. The van der Waals surface area contributed by atoms with Gasteiger partial charge in [0.15, 0.2) is 0 Å². The third-order valence-electron chi connectivity index (χ3n) is 24.6. The highest BCUT2D eigenvalue weighted by molar-refractivity contribution is 5.88. The van der Waals surface area contributed by atoms with Crippen LogP contribution in [0.4, 0.5) is 9.59 Å². The largest absolute Gasteiger partial charge is 0.453 e. The number of carbonyl (C=O) groups is 6. The Balaban J connectivity index is 0.631. The summed E-state index contributed by atoms with van der Waals surface area (Å²) in [4.78, 5) is 134. The number of amides is 6. The van der Waals surface area contributed by atoms with Crippen LogP contribution in [0.2, 0.25) is 0 Å². The summed E-state index contributed by atoms with van der Waals surface area (Å²) in [7, 11) is 2.58. The Kier molecular flexibility index (Phi) is 20.1. The number of rotatable bonds is 22. The Morgan fingerprint density at radius 1 is 0.491 bits per heavy atom. The van der Waals surface area contributed by atoms with Gasteiger partial charge in [0.25, 0.3) is 0 Å². The van der Waals surface area contributed by atoms with Crippen molar-refractivity contribution < 1.29 is 38.2 Å². The molecule has 25 heteroatoms. The van der Waals surface area contributed by atoms with Crippen LogP contribution in [0.1, 0.15) is 150 Å². The van der Waals surface area contributed by atoms with Gasteiger partial charge in [-0.1, -0.05) is 131 Å². The molecule has 6 fully saturated rings. The number of hydrogen-bond donors (Lipinski definition) is 8. The number of pyridine rings is 1. The molecule has 4 saturated carbocycles. The van der Waals surface area contributed by atoms with E-state index in [1.165, 1.54) is 20.5 Å². The van der Waals surface area contributed by atoms with Gasteiger partial charge in [0, 0.05) is 61.8 Å². The second-order valence-corrected chi connectivity index (χ2v) is 31.7. The number of likely N-dealkylation sites (tertiary alicyclic amines) is 2. The minimum Gasteiger partial charge on any atom is -0.453 e. The molecule has 10 aromatic rings. The molecule has 2 aliphatic heterocycles. The Morgan fingerprint density at radius 2 is 0.964 bits per heavy atom. The van der Waals surface area contributed by atoms with Crippen molar-refractivity contribution in [1.29, 1.82) is 0 Å². The molecule has 1 unspecified atom stereocenters. The SMILES string of the molecule is COC(=O)N[C@H](C(=O)N1CCC[C@H]1c1ncc(-c2ccc(-c3ccc(-c4cnc([C@H]5[C@H](C(=O)N[C@@H](C)c6cccnc6)[C@H]6C[C@@H]5C5(C6)C[C@@H](c6ncc(-c7ccc(-c8ccc(-c9cnc([C@@H]%10[C@H]%11CC[C@H](C%11)[C@H]%10C(=O)NCc%10cncnc%10)[nH]9)cc8)cc7)[nH]6)N(C(=O)[C@@H](NC(=O)OC)C(C)C)C5)[nH]4)cc3)cc2)[nH]1)C(C)C. The molecule has 6 aliphatic rings. The summed E-state index contributed by atoms with van der Waals surface area (Å²) in [5, 5.41) is 12.1. The van der Waals surface area contributed by atoms with E-state index < -0.39 is 41.6 Å². The molecule has 6 amide bonds. The van der Waals surface area contributed by atoms with Crippen molar-refractivity contribution in [2.45, 2.75) is 135 Å². The van der Waals surface area contributed by atoms with E-state index in [0.29, 0.717) is 61.8 Å². The van der Waals surface area contributed by atoms with E-state index >= 15 is 9.59 Å². The monoisotopic (exact) mass is 1480 g/mol. The predicted octanol–water partition coefficient (Wildman–Crippen LogP) is 13.2. The predicted molar refractivity (Wildman–Crippen MR) is 412 cm³/mol. The lowest BCUT2D eigenvalue weighted by Crippen LogP contribution is -2.52. The number of alkyl carbamates (subject to hydrolysis) is 2. The lowest BCUT2D eigenvalue weighted by molar-refractivity contribution is -0.136. The highest BCUT2D eigenvalue weighted by atomic mass is 16.5.